The number of nitrogens with zero attached hydrogens (tertiary/aromatic N) is 1. The van der Waals surface area contributed by atoms with E-state index >= 15 is 0 Å². The van der Waals surface area contributed by atoms with Crippen LogP contribution in [0.1, 0.15) is 20.8 Å². The normalized spacial score (nSPS) is 25.4. The Morgan fingerprint density at radius 1 is 1.29 bits per heavy atom. The van der Waals surface area contributed by atoms with Gasteiger partial charge in [0.15, 0.2) is 0 Å². The number of piperazine rings is 1. The molecule has 1 heterocycles. The second-order valence-electron chi connectivity index (χ2n) is 5.25. The third-order valence-electron chi connectivity index (χ3n) is 3.47. The van der Waals surface area contributed by atoms with E-state index < -0.39 is 0 Å². The fourth-order valence-electron chi connectivity index (χ4n) is 2.45. The molecule has 94 valence electrons. The van der Waals surface area contributed by atoms with Gasteiger partial charge in [0.1, 0.15) is 0 Å². The number of hydrogen-bond acceptors (Lipinski definition) is 2. The van der Waals surface area contributed by atoms with Crippen LogP contribution in [0.5, 0.6) is 0 Å². The van der Waals surface area contributed by atoms with E-state index in [-0.39, 0.29) is 0 Å². The molecular formula is C14H21BrN2. The minimum Gasteiger partial charge on any atom is -0.365 e. The molecule has 1 aliphatic rings. The Labute approximate surface area is 113 Å². The summed E-state index contributed by atoms with van der Waals surface area (Å²) >= 11 is 3.49. The van der Waals surface area contributed by atoms with Gasteiger partial charge in [0, 0.05) is 35.3 Å². The summed E-state index contributed by atoms with van der Waals surface area (Å²) in [6.45, 7) is 9.02. The lowest BCUT2D eigenvalue weighted by molar-refractivity contribution is 0.349. The number of halogens is 1. The minimum atomic E-state index is 0.564. The molecular weight excluding hydrogens is 276 g/mol. The quantitative estimate of drug-likeness (QED) is 0.901. The lowest BCUT2D eigenvalue weighted by Gasteiger charge is -2.43. The first kappa shape index (κ1) is 12.9. The molecule has 2 rings (SSSR count). The van der Waals surface area contributed by atoms with E-state index in [0.717, 1.165) is 17.6 Å². The zero-order valence-electron chi connectivity index (χ0n) is 10.8. The van der Waals surface area contributed by atoms with Gasteiger partial charge in [-0.1, -0.05) is 29.8 Å². The molecule has 2 atom stereocenters. The molecule has 1 aliphatic heterocycles. The van der Waals surface area contributed by atoms with E-state index in [1.165, 1.54) is 5.69 Å². The highest BCUT2D eigenvalue weighted by molar-refractivity contribution is 9.10. The summed E-state index contributed by atoms with van der Waals surface area (Å²) in [5.74, 6) is 0.665. The van der Waals surface area contributed by atoms with Gasteiger partial charge in [-0.15, -0.1) is 0 Å². The van der Waals surface area contributed by atoms with Crippen LogP contribution in [0.3, 0.4) is 0 Å². The molecule has 1 N–H and O–H groups in total. The molecule has 0 saturated carbocycles. The van der Waals surface area contributed by atoms with Gasteiger partial charge in [0.2, 0.25) is 0 Å². The van der Waals surface area contributed by atoms with Crippen LogP contribution < -0.4 is 10.2 Å². The van der Waals surface area contributed by atoms with E-state index in [1.807, 2.05) is 0 Å². The molecule has 2 nitrogen and oxygen atoms in total. The smallest absolute Gasteiger partial charge is 0.0438 e. The molecule has 0 aromatic heterocycles. The summed E-state index contributed by atoms with van der Waals surface area (Å²) in [5.41, 5.74) is 1.33. The van der Waals surface area contributed by atoms with Crippen LogP contribution in [-0.2, 0) is 0 Å². The predicted molar refractivity (Wildman–Crippen MR) is 77.6 cm³/mol. The average Bonchev–Trinajstić information content (AvgIpc) is 2.29. The molecule has 0 radical (unpaired) electrons. The van der Waals surface area contributed by atoms with Crippen molar-refractivity contribution < 1.29 is 0 Å². The zero-order chi connectivity index (χ0) is 12.4. The zero-order valence-corrected chi connectivity index (χ0v) is 12.4. The third kappa shape index (κ3) is 3.02. The Hall–Kier alpha value is -0.540. The van der Waals surface area contributed by atoms with Gasteiger partial charge >= 0.3 is 0 Å². The van der Waals surface area contributed by atoms with Crippen molar-refractivity contribution in [1.29, 1.82) is 0 Å². The molecule has 0 amide bonds. The lowest BCUT2D eigenvalue weighted by atomic mass is 9.98. The molecule has 3 heteroatoms. The van der Waals surface area contributed by atoms with Crippen LogP contribution >= 0.6 is 15.9 Å². The van der Waals surface area contributed by atoms with E-state index in [2.05, 4.69) is 71.2 Å². The molecule has 0 bridgehead atoms. The van der Waals surface area contributed by atoms with Crippen molar-refractivity contribution in [2.45, 2.75) is 32.9 Å². The van der Waals surface area contributed by atoms with Crippen LogP contribution in [0.15, 0.2) is 28.7 Å². The molecule has 1 fully saturated rings. The SMILES string of the molecule is CC1CN(c2ccc(Br)cc2)C(C(C)C)CN1. The Bertz CT molecular complexity index is 361. The maximum Gasteiger partial charge on any atom is 0.0438 e. The van der Waals surface area contributed by atoms with Gasteiger partial charge < -0.3 is 10.2 Å². The Kier molecular flexibility index (Phi) is 4.10. The fourth-order valence-corrected chi connectivity index (χ4v) is 2.72. The topological polar surface area (TPSA) is 15.3 Å². The van der Waals surface area contributed by atoms with Crippen LogP contribution in [0.25, 0.3) is 0 Å². The summed E-state index contributed by atoms with van der Waals surface area (Å²) < 4.78 is 1.14. The highest BCUT2D eigenvalue weighted by Gasteiger charge is 2.27. The fraction of sp³-hybridized carbons (Fsp3) is 0.571. The highest BCUT2D eigenvalue weighted by atomic mass is 79.9. The van der Waals surface area contributed by atoms with Crippen molar-refractivity contribution in [3.05, 3.63) is 28.7 Å². The molecule has 1 saturated heterocycles. The molecule has 0 aliphatic carbocycles. The molecule has 0 spiro atoms. The van der Waals surface area contributed by atoms with Crippen LogP contribution in [0.4, 0.5) is 5.69 Å². The van der Waals surface area contributed by atoms with E-state index in [0.29, 0.717) is 18.0 Å². The van der Waals surface area contributed by atoms with Gasteiger partial charge in [-0.05, 0) is 37.1 Å². The Morgan fingerprint density at radius 3 is 2.53 bits per heavy atom. The van der Waals surface area contributed by atoms with E-state index in [1.54, 1.807) is 0 Å². The monoisotopic (exact) mass is 296 g/mol. The van der Waals surface area contributed by atoms with Gasteiger partial charge in [-0.25, -0.2) is 0 Å². The number of nitrogens with one attached hydrogen (secondary N) is 1. The Morgan fingerprint density at radius 2 is 1.94 bits per heavy atom. The van der Waals surface area contributed by atoms with Crippen LogP contribution in [-0.4, -0.2) is 25.2 Å². The predicted octanol–water partition coefficient (Wildman–Crippen LogP) is 3.27. The summed E-state index contributed by atoms with van der Waals surface area (Å²) in [7, 11) is 0. The standard InChI is InChI=1S/C14H21BrN2/c1-10(2)14-8-16-11(3)9-17(14)13-6-4-12(15)5-7-13/h4-7,10-11,14,16H,8-9H2,1-3H3. The lowest BCUT2D eigenvalue weighted by Crippen LogP contribution is -2.57. The minimum absolute atomic E-state index is 0.564. The molecule has 2 unspecified atom stereocenters. The first-order chi connectivity index (χ1) is 8.08. The van der Waals surface area contributed by atoms with Crippen molar-refractivity contribution in [2.24, 2.45) is 5.92 Å². The number of hydrogen-bond donors (Lipinski definition) is 1. The largest absolute Gasteiger partial charge is 0.365 e. The molecule has 17 heavy (non-hydrogen) atoms. The number of benzene rings is 1. The van der Waals surface area contributed by atoms with Gasteiger partial charge in [0.25, 0.3) is 0 Å². The van der Waals surface area contributed by atoms with E-state index in [9.17, 15) is 0 Å². The molecule has 1 aromatic carbocycles. The van der Waals surface area contributed by atoms with Crippen molar-refractivity contribution in [3.8, 4) is 0 Å². The third-order valence-corrected chi connectivity index (χ3v) is 4.00. The second kappa shape index (κ2) is 5.40. The van der Waals surface area contributed by atoms with Gasteiger partial charge in [-0.3, -0.25) is 0 Å². The summed E-state index contributed by atoms with van der Waals surface area (Å²) in [6.07, 6.45) is 0. The van der Waals surface area contributed by atoms with Crippen molar-refractivity contribution in [2.75, 3.05) is 18.0 Å². The second-order valence-corrected chi connectivity index (χ2v) is 6.17. The first-order valence-corrected chi connectivity index (χ1v) is 7.13. The van der Waals surface area contributed by atoms with Crippen molar-refractivity contribution in [1.82, 2.24) is 5.32 Å². The Balaban J connectivity index is 2.22. The molecule has 1 aromatic rings. The van der Waals surface area contributed by atoms with Gasteiger partial charge in [-0.2, -0.15) is 0 Å². The van der Waals surface area contributed by atoms with Gasteiger partial charge in [0.05, 0.1) is 0 Å². The summed E-state index contributed by atoms with van der Waals surface area (Å²) in [4.78, 5) is 2.54. The highest BCUT2D eigenvalue weighted by Crippen LogP contribution is 2.25. The summed E-state index contributed by atoms with van der Waals surface area (Å²) in [6, 6.07) is 9.81. The number of rotatable bonds is 2. The van der Waals surface area contributed by atoms with Crippen molar-refractivity contribution in [3.63, 3.8) is 0 Å². The maximum atomic E-state index is 3.57. The first-order valence-electron chi connectivity index (χ1n) is 6.33. The van der Waals surface area contributed by atoms with Crippen LogP contribution in [0.2, 0.25) is 0 Å². The number of anilines is 1. The summed E-state index contributed by atoms with van der Waals surface area (Å²) in [5, 5.41) is 3.57. The average molecular weight is 297 g/mol. The van der Waals surface area contributed by atoms with E-state index in [4.69, 9.17) is 0 Å². The van der Waals surface area contributed by atoms with Crippen molar-refractivity contribution >= 4 is 21.6 Å². The maximum absolute atomic E-state index is 3.57. The van der Waals surface area contributed by atoms with Crippen LogP contribution in [0, 0.1) is 5.92 Å².